The van der Waals surface area contributed by atoms with E-state index >= 15 is 0 Å². The molecular formula is C12H15N3O2. The molecule has 1 aliphatic rings. The molecule has 0 bridgehead atoms. The molecule has 1 aliphatic heterocycles. The van der Waals surface area contributed by atoms with Gasteiger partial charge in [0.25, 0.3) is 5.91 Å². The standard InChI is InChI=1S/C12H15N3O2/c13-11(16)10-6-9(7-14-10)15-12(17)8-4-2-1-3-5-8/h1-5,9-10,14H,6-7H2,(H2,13,16)(H,15,17). The first kappa shape index (κ1) is 11.6. The van der Waals surface area contributed by atoms with Gasteiger partial charge in [0.05, 0.1) is 6.04 Å². The van der Waals surface area contributed by atoms with Crippen molar-refractivity contribution >= 4 is 11.8 Å². The summed E-state index contributed by atoms with van der Waals surface area (Å²) in [7, 11) is 0. The van der Waals surface area contributed by atoms with Crippen LogP contribution in [-0.2, 0) is 4.79 Å². The van der Waals surface area contributed by atoms with E-state index in [9.17, 15) is 9.59 Å². The molecule has 0 spiro atoms. The second-order valence-electron chi connectivity index (χ2n) is 4.14. The Morgan fingerprint density at radius 1 is 1.29 bits per heavy atom. The quantitative estimate of drug-likeness (QED) is 0.666. The summed E-state index contributed by atoms with van der Waals surface area (Å²) in [5, 5.41) is 5.84. The highest BCUT2D eigenvalue weighted by atomic mass is 16.2. The number of carbonyl (C=O) groups is 2. The van der Waals surface area contributed by atoms with Crippen molar-refractivity contribution in [3.8, 4) is 0 Å². The molecule has 1 aromatic rings. The predicted molar refractivity (Wildman–Crippen MR) is 63.3 cm³/mol. The Morgan fingerprint density at radius 2 is 2.00 bits per heavy atom. The second kappa shape index (κ2) is 4.97. The molecule has 0 saturated carbocycles. The molecule has 0 aromatic heterocycles. The predicted octanol–water partition coefficient (Wildman–Crippen LogP) is -0.368. The van der Waals surface area contributed by atoms with Crippen LogP contribution in [0.15, 0.2) is 30.3 Å². The van der Waals surface area contributed by atoms with Gasteiger partial charge in [0.15, 0.2) is 0 Å². The lowest BCUT2D eigenvalue weighted by Gasteiger charge is -2.11. The number of carbonyl (C=O) groups excluding carboxylic acids is 2. The average molecular weight is 233 g/mol. The monoisotopic (exact) mass is 233 g/mol. The van der Waals surface area contributed by atoms with E-state index in [1.165, 1.54) is 0 Å². The number of benzene rings is 1. The molecule has 1 fully saturated rings. The fourth-order valence-corrected chi connectivity index (χ4v) is 1.92. The molecule has 0 aliphatic carbocycles. The zero-order valence-electron chi connectivity index (χ0n) is 9.35. The largest absolute Gasteiger partial charge is 0.368 e. The molecule has 5 nitrogen and oxygen atoms in total. The van der Waals surface area contributed by atoms with E-state index < -0.39 is 0 Å². The zero-order chi connectivity index (χ0) is 12.3. The van der Waals surface area contributed by atoms with Crippen molar-refractivity contribution in [1.82, 2.24) is 10.6 Å². The fourth-order valence-electron chi connectivity index (χ4n) is 1.92. The second-order valence-corrected chi connectivity index (χ2v) is 4.14. The van der Waals surface area contributed by atoms with E-state index in [-0.39, 0.29) is 23.9 Å². The van der Waals surface area contributed by atoms with Crippen LogP contribution in [-0.4, -0.2) is 30.4 Å². The van der Waals surface area contributed by atoms with Crippen LogP contribution in [0.5, 0.6) is 0 Å². The molecule has 4 N–H and O–H groups in total. The van der Waals surface area contributed by atoms with Crippen LogP contribution in [0.2, 0.25) is 0 Å². The summed E-state index contributed by atoms with van der Waals surface area (Å²) >= 11 is 0. The SMILES string of the molecule is NC(=O)C1CC(NC(=O)c2ccccc2)CN1. The molecule has 1 aromatic carbocycles. The summed E-state index contributed by atoms with van der Waals surface area (Å²) in [5.41, 5.74) is 5.81. The van der Waals surface area contributed by atoms with Gasteiger partial charge in [-0.1, -0.05) is 18.2 Å². The van der Waals surface area contributed by atoms with Crippen molar-refractivity contribution in [1.29, 1.82) is 0 Å². The Bertz CT molecular complexity index is 419. The van der Waals surface area contributed by atoms with Gasteiger partial charge in [-0.15, -0.1) is 0 Å². The van der Waals surface area contributed by atoms with E-state index in [1.54, 1.807) is 12.1 Å². The van der Waals surface area contributed by atoms with E-state index in [4.69, 9.17) is 5.73 Å². The fraction of sp³-hybridized carbons (Fsp3) is 0.333. The highest BCUT2D eigenvalue weighted by molar-refractivity contribution is 5.94. The molecule has 90 valence electrons. The third-order valence-corrected chi connectivity index (χ3v) is 2.85. The minimum absolute atomic E-state index is 0.0415. The summed E-state index contributed by atoms with van der Waals surface area (Å²) in [6.07, 6.45) is 0.550. The maximum atomic E-state index is 11.8. The smallest absolute Gasteiger partial charge is 0.251 e. The van der Waals surface area contributed by atoms with Gasteiger partial charge in [0, 0.05) is 18.2 Å². The average Bonchev–Trinajstić information content (AvgIpc) is 2.79. The Balaban J connectivity index is 1.91. The third-order valence-electron chi connectivity index (χ3n) is 2.85. The molecule has 2 atom stereocenters. The van der Waals surface area contributed by atoms with Crippen molar-refractivity contribution in [3.05, 3.63) is 35.9 Å². The van der Waals surface area contributed by atoms with E-state index in [2.05, 4.69) is 10.6 Å². The highest BCUT2D eigenvalue weighted by Crippen LogP contribution is 2.07. The van der Waals surface area contributed by atoms with Crippen LogP contribution < -0.4 is 16.4 Å². The van der Waals surface area contributed by atoms with Crippen LogP contribution in [0.4, 0.5) is 0 Å². The molecule has 2 unspecified atom stereocenters. The van der Waals surface area contributed by atoms with Gasteiger partial charge in [0.2, 0.25) is 5.91 Å². The number of hydrogen-bond acceptors (Lipinski definition) is 3. The maximum absolute atomic E-state index is 11.8. The van der Waals surface area contributed by atoms with Gasteiger partial charge < -0.3 is 16.4 Å². The minimum Gasteiger partial charge on any atom is -0.368 e. The molecule has 5 heteroatoms. The van der Waals surface area contributed by atoms with Gasteiger partial charge in [0.1, 0.15) is 0 Å². The van der Waals surface area contributed by atoms with Gasteiger partial charge >= 0.3 is 0 Å². The van der Waals surface area contributed by atoms with Crippen molar-refractivity contribution in [3.63, 3.8) is 0 Å². The van der Waals surface area contributed by atoms with Gasteiger partial charge in [-0.25, -0.2) is 0 Å². The number of nitrogens with one attached hydrogen (secondary N) is 2. The highest BCUT2D eigenvalue weighted by Gasteiger charge is 2.28. The lowest BCUT2D eigenvalue weighted by atomic mass is 10.1. The molecule has 17 heavy (non-hydrogen) atoms. The molecule has 0 radical (unpaired) electrons. The normalized spacial score (nSPS) is 23.3. The van der Waals surface area contributed by atoms with Gasteiger partial charge in [-0.3, -0.25) is 9.59 Å². The molecule has 1 saturated heterocycles. The summed E-state index contributed by atoms with van der Waals surface area (Å²) in [6, 6.07) is 8.61. The van der Waals surface area contributed by atoms with E-state index in [0.29, 0.717) is 18.5 Å². The first-order chi connectivity index (χ1) is 8.16. The summed E-state index contributed by atoms with van der Waals surface area (Å²) in [4.78, 5) is 22.8. The number of hydrogen-bond donors (Lipinski definition) is 3. The number of amides is 2. The molecule has 1 heterocycles. The summed E-state index contributed by atoms with van der Waals surface area (Å²) in [5.74, 6) is -0.496. The third kappa shape index (κ3) is 2.82. The Hall–Kier alpha value is -1.88. The Labute approximate surface area is 99.4 Å². The summed E-state index contributed by atoms with van der Waals surface area (Å²) < 4.78 is 0. The summed E-state index contributed by atoms with van der Waals surface area (Å²) in [6.45, 7) is 0.576. The van der Waals surface area contributed by atoms with Crippen LogP contribution in [0, 0.1) is 0 Å². The van der Waals surface area contributed by atoms with E-state index in [0.717, 1.165) is 0 Å². The van der Waals surface area contributed by atoms with Crippen molar-refractivity contribution in [2.75, 3.05) is 6.54 Å². The molecular weight excluding hydrogens is 218 g/mol. The molecule has 2 amide bonds. The number of nitrogens with two attached hydrogens (primary N) is 1. The number of rotatable bonds is 3. The van der Waals surface area contributed by atoms with Gasteiger partial charge in [-0.2, -0.15) is 0 Å². The van der Waals surface area contributed by atoms with Crippen LogP contribution >= 0.6 is 0 Å². The lowest BCUT2D eigenvalue weighted by Crippen LogP contribution is -2.36. The van der Waals surface area contributed by atoms with Crippen LogP contribution in [0.3, 0.4) is 0 Å². The van der Waals surface area contributed by atoms with Crippen molar-refractivity contribution < 1.29 is 9.59 Å². The first-order valence-corrected chi connectivity index (χ1v) is 5.55. The first-order valence-electron chi connectivity index (χ1n) is 5.55. The van der Waals surface area contributed by atoms with E-state index in [1.807, 2.05) is 18.2 Å². The Kier molecular flexibility index (Phi) is 3.39. The minimum atomic E-state index is -0.374. The zero-order valence-corrected chi connectivity index (χ0v) is 9.35. The topological polar surface area (TPSA) is 84.2 Å². The van der Waals surface area contributed by atoms with Gasteiger partial charge in [-0.05, 0) is 18.6 Å². The van der Waals surface area contributed by atoms with Crippen molar-refractivity contribution in [2.24, 2.45) is 5.73 Å². The van der Waals surface area contributed by atoms with Crippen molar-refractivity contribution in [2.45, 2.75) is 18.5 Å². The number of primary amides is 1. The maximum Gasteiger partial charge on any atom is 0.251 e. The lowest BCUT2D eigenvalue weighted by molar-refractivity contribution is -0.119. The van der Waals surface area contributed by atoms with Crippen LogP contribution in [0.25, 0.3) is 0 Å². The Morgan fingerprint density at radius 3 is 2.59 bits per heavy atom. The molecule has 2 rings (SSSR count). The van der Waals surface area contributed by atoms with Crippen LogP contribution in [0.1, 0.15) is 16.8 Å².